The predicted octanol–water partition coefficient (Wildman–Crippen LogP) is 3.50. The van der Waals surface area contributed by atoms with E-state index in [0.717, 1.165) is 13.0 Å². The first kappa shape index (κ1) is 16.8. The number of amides is 1. The average Bonchev–Trinajstić information content (AvgIpc) is 2.60. The Morgan fingerprint density at radius 3 is 2.00 bits per heavy atom. The standard InChI is InChI=1S/C18H34N2O/c1-11(2)9-13-16(21)20(15(19-13)12(3)4)10-14-17(5,6)18(14,7)8/h11-15,19H,9-10H2,1-8H3. The summed E-state index contributed by atoms with van der Waals surface area (Å²) in [7, 11) is 0. The van der Waals surface area contributed by atoms with Gasteiger partial charge < -0.3 is 4.90 Å². The van der Waals surface area contributed by atoms with Gasteiger partial charge in [-0.1, -0.05) is 55.4 Å². The minimum Gasteiger partial charge on any atom is -0.325 e. The smallest absolute Gasteiger partial charge is 0.241 e. The number of carbonyl (C=O) groups excluding carboxylic acids is 1. The third kappa shape index (κ3) is 2.74. The maximum Gasteiger partial charge on any atom is 0.241 e. The number of rotatable bonds is 5. The predicted molar refractivity (Wildman–Crippen MR) is 87.8 cm³/mol. The van der Waals surface area contributed by atoms with Gasteiger partial charge in [0.05, 0.1) is 12.2 Å². The third-order valence-corrected chi connectivity index (χ3v) is 6.33. The molecule has 1 aliphatic carbocycles. The topological polar surface area (TPSA) is 32.3 Å². The molecule has 1 aliphatic heterocycles. The normalized spacial score (nSPS) is 31.5. The molecule has 1 heterocycles. The van der Waals surface area contributed by atoms with Crippen molar-refractivity contribution in [1.82, 2.24) is 10.2 Å². The van der Waals surface area contributed by atoms with Crippen LogP contribution >= 0.6 is 0 Å². The van der Waals surface area contributed by atoms with Crippen molar-refractivity contribution in [2.75, 3.05) is 6.54 Å². The fourth-order valence-corrected chi connectivity index (χ4v) is 4.09. The monoisotopic (exact) mass is 294 g/mol. The van der Waals surface area contributed by atoms with Gasteiger partial charge in [-0.25, -0.2) is 0 Å². The molecule has 0 aromatic heterocycles. The molecule has 1 N–H and O–H groups in total. The van der Waals surface area contributed by atoms with E-state index in [-0.39, 0.29) is 12.2 Å². The SMILES string of the molecule is CC(C)CC1NC(C(C)C)N(CC2C(C)(C)C2(C)C)C1=O. The summed E-state index contributed by atoms with van der Waals surface area (Å²) in [5, 5.41) is 3.59. The second-order valence-corrected chi connectivity index (χ2v) is 9.02. The van der Waals surface area contributed by atoms with Gasteiger partial charge in [-0.3, -0.25) is 10.1 Å². The van der Waals surface area contributed by atoms with E-state index in [0.29, 0.717) is 34.5 Å². The van der Waals surface area contributed by atoms with E-state index in [1.807, 2.05) is 0 Å². The molecule has 3 heteroatoms. The van der Waals surface area contributed by atoms with E-state index in [2.05, 4.69) is 65.6 Å². The molecule has 3 nitrogen and oxygen atoms in total. The number of carbonyl (C=O) groups is 1. The van der Waals surface area contributed by atoms with Gasteiger partial charge in [-0.15, -0.1) is 0 Å². The molecule has 2 unspecified atom stereocenters. The molecule has 122 valence electrons. The Morgan fingerprint density at radius 2 is 1.62 bits per heavy atom. The molecule has 1 saturated carbocycles. The Morgan fingerprint density at radius 1 is 1.10 bits per heavy atom. The van der Waals surface area contributed by atoms with Crippen LogP contribution < -0.4 is 5.32 Å². The highest BCUT2D eigenvalue weighted by Crippen LogP contribution is 2.68. The van der Waals surface area contributed by atoms with E-state index >= 15 is 0 Å². The first-order chi connectivity index (χ1) is 9.50. The van der Waals surface area contributed by atoms with E-state index in [9.17, 15) is 4.79 Å². The molecule has 1 saturated heterocycles. The van der Waals surface area contributed by atoms with Gasteiger partial charge in [0, 0.05) is 6.54 Å². The molecule has 1 amide bonds. The summed E-state index contributed by atoms with van der Waals surface area (Å²) in [6, 6.07) is 0.0161. The van der Waals surface area contributed by atoms with Crippen LogP contribution in [0, 0.1) is 28.6 Å². The summed E-state index contributed by atoms with van der Waals surface area (Å²) in [4.78, 5) is 14.9. The lowest BCUT2D eigenvalue weighted by molar-refractivity contribution is -0.131. The molecule has 0 aromatic rings. The van der Waals surface area contributed by atoms with Crippen LogP contribution in [-0.2, 0) is 4.79 Å². The van der Waals surface area contributed by atoms with Crippen molar-refractivity contribution in [3.05, 3.63) is 0 Å². The third-order valence-electron chi connectivity index (χ3n) is 6.33. The van der Waals surface area contributed by atoms with E-state index in [1.54, 1.807) is 0 Å². The summed E-state index contributed by atoms with van der Waals surface area (Å²) >= 11 is 0. The molecule has 0 spiro atoms. The molecule has 0 radical (unpaired) electrons. The van der Waals surface area contributed by atoms with Crippen LogP contribution in [0.4, 0.5) is 0 Å². The minimum atomic E-state index is 0.0161. The van der Waals surface area contributed by atoms with Gasteiger partial charge in [-0.05, 0) is 35.0 Å². The van der Waals surface area contributed by atoms with Crippen LogP contribution in [-0.4, -0.2) is 29.6 Å². The molecule has 0 aromatic carbocycles. The van der Waals surface area contributed by atoms with Gasteiger partial charge in [0.2, 0.25) is 5.91 Å². The van der Waals surface area contributed by atoms with Crippen LogP contribution in [0.25, 0.3) is 0 Å². The zero-order valence-corrected chi connectivity index (χ0v) is 15.2. The summed E-state index contributed by atoms with van der Waals surface area (Å²) in [6.07, 6.45) is 1.14. The Bertz CT molecular complexity index is 397. The maximum absolute atomic E-state index is 12.8. The first-order valence-corrected chi connectivity index (χ1v) is 8.56. The van der Waals surface area contributed by atoms with Gasteiger partial charge in [0.15, 0.2) is 0 Å². The molecule has 2 rings (SSSR count). The Balaban J connectivity index is 2.11. The molecule has 21 heavy (non-hydrogen) atoms. The first-order valence-electron chi connectivity index (χ1n) is 8.56. The Hall–Kier alpha value is -0.570. The second-order valence-electron chi connectivity index (χ2n) is 9.02. The van der Waals surface area contributed by atoms with Gasteiger partial charge in [0.1, 0.15) is 0 Å². The van der Waals surface area contributed by atoms with Gasteiger partial charge >= 0.3 is 0 Å². The summed E-state index contributed by atoms with van der Waals surface area (Å²) in [5.41, 5.74) is 0.676. The number of hydrogen-bond donors (Lipinski definition) is 1. The molecular weight excluding hydrogens is 260 g/mol. The highest BCUT2D eigenvalue weighted by Gasteiger charge is 2.65. The minimum absolute atomic E-state index is 0.0161. The van der Waals surface area contributed by atoms with Crippen LogP contribution in [0.1, 0.15) is 61.8 Å². The second kappa shape index (κ2) is 5.26. The lowest BCUT2D eigenvalue weighted by atomic mass is 10.0. The van der Waals surface area contributed by atoms with Crippen LogP contribution in [0.3, 0.4) is 0 Å². The Labute approximate surface area is 130 Å². The van der Waals surface area contributed by atoms with E-state index in [1.165, 1.54) is 0 Å². The van der Waals surface area contributed by atoms with Gasteiger partial charge in [0.25, 0.3) is 0 Å². The molecule has 0 bridgehead atoms. The van der Waals surface area contributed by atoms with Crippen molar-refractivity contribution in [3.8, 4) is 0 Å². The van der Waals surface area contributed by atoms with Crippen molar-refractivity contribution in [1.29, 1.82) is 0 Å². The number of nitrogens with one attached hydrogen (secondary N) is 1. The van der Waals surface area contributed by atoms with Crippen molar-refractivity contribution in [2.24, 2.45) is 28.6 Å². The van der Waals surface area contributed by atoms with Crippen molar-refractivity contribution < 1.29 is 4.79 Å². The van der Waals surface area contributed by atoms with Crippen LogP contribution in [0.15, 0.2) is 0 Å². The summed E-state index contributed by atoms with van der Waals surface area (Å²) in [5.74, 6) is 1.93. The largest absolute Gasteiger partial charge is 0.325 e. The lowest BCUT2D eigenvalue weighted by Crippen LogP contribution is -2.43. The molecule has 2 atom stereocenters. The zero-order chi connectivity index (χ0) is 16.2. The number of hydrogen-bond acceptors (Lipinski definition) is 2. The fourth-order valence-electron chi connectivity index (χ4n) is 4.09. The molecule has 2 fully saturated rings. The molecular formula is C18H34N2O. The van der Waals surface area contributed by atoms with Gasteiger partial charge in [-0.2, -0.15) is 0 Å². The van der Waals surface area contributed by atoms with E-state index < -0.39 is 0 Å². The average molecular weight is 294 g/mol. The zero-order valence-electron chi connectivity index (χ0n) is 15.2. The van der Waals surface area contributed by atoms with Crippen LogP contribution in [0.5, 0.6) is 0 Å². The van der Waals surface area contributed by atoms with Crippen molar-refractivity contribution in [2.45, 2.75) is 74.0 Å². The highest BCUT2D eigenvalue weighted by atomic mass is 16.2. The summed E-state index contributed by atoms with van der Waals surface area (Å²) in [6.45, 7) is 19.0. The van der Waals surface area contributed by atoms with E-state index in [4.69, 9.17) is 0 Å². The Kier molecular flexibility index (Phi) is 4.20. The quantitative estimate of drug-likeness (QED) is 0.841. The van der Waals surface area contributed by atoms with Crippen LogP contribution in [0.2, 0.25) is 0 Å². The number of nitrogens with zero attached hydrogens (tertiary/aromatic N) is 1. The fraction of sp³-hybridized carbons (Fsp3) is 0.944. The van der Waals surface area contributed by atoms with Crippen molar-refractivity contribution >= 4 is 5.91 Å². The highest BCUT2D eigenvalue weighted by molar-refractivity contribution is 5.84. The summed E-state index contributed by atoms with van der Waals surface area (Å²) < 4.78 is 0. The maximum atomic E-state index is 12.8. The van der Waals surface area contributed by atoms with Crippen molar-refractivity contribution in [3.63, 3.8) is 0 Å². The lowest BCUT2D eigenvalue weighted by Gasteiger charge is -2.28. The molecule has 2 aliphatic rings.